The molecule has 17 heavy (non-hydrogen) atoms. The minimum absolute atomic E-state index is 0.0335. The molecule has 4 heteroatoms. The van der Waals surface area contributed by atoms with E-state index in [-0.39, 0.29) is 17.2 Å². The van der Waals surface area contributed by atoms with Gasteiger partial charge in [0, 0.05) is 11.9 Å². The van der Waals surface area contributed by atoms with Gasteiger partial charge in [0.25, 0.3) is 0 Å². The fourth-order valence-corrected chi connectivity index (χ4v) is 1.08. The number of urea groups is 1. The monoisotopic (exact) mass is 234 g/mol. The van der Waals surface area contributed by atoms with Gasteiger partial charge in [0.15, 0.2) is 0 Å². The number of aromatic hydroxyl groups is 1. The molecule has 0 heterocycles. The molecule has 1 rings (SSSR count). The fourth-order valence-electron chi connectivity index (χ4n) is 1.08. The first-order valence-electron chi connectivity index (χ1n) is 5.41. The number of hydrogen-bond donors (Lipinski definition) is 3. The van der Waals surface area contributed by atoms with Gasteiger partial charge in [0.05, 0.1) is 0 Å². The van der Waals surface area contributed by atoms with Gasteiger partial charge in [-0.05, 0) is 29.7 Å². The van der Waals surface area contributed by atoms with Crippen LogP contribution in [0.25, 0.3) is 0 Å². The summed E-state index contributed by atoms with van der Waals surface area (Å²) in [5.41, 5.74) is 0.663. The molecule has 1 aromatic carbocycles. The van der Waals surface area contributed by atoms with E-state index in [0.717, 1.165) is 0 Å². The molecule has 0 radical (unpaired) electrons. The Labute approximate surface area is 101 Å². The summed E-state index contributed by atoms with van der Waals surface area (Å²) >= 11 is 0. The number of carbonyl (C=O) groups excluding carboxylic acids is 1. The van der Waals surface area contributed by atoms with Crippen LogP contribution in [0, 0.1) is 5.41 Å². The first kappa shape index (κ1) is 13.1. The number of rotatable bonds is 2. The number of anilines is 1. The maximum atomic E-state index is 11.4. The van der Waals surface area contributed by atoms with Crippen LogP contribution in [0.15, 0.2) is 36.5 Å². The molecule has 0 aliphatic rings. The Kier molecular flexibility index (Phi) is 4.15. The summed E-state index contributed by atoms with van der Waals surface area (Å²) in [5, 5.41) is 14.3. The lowest BCUT2D eigenvalue weighted by molar-refractivity contribution is 0.255. The lowest BCUT2D eigenvalue weighted by atomic mass is 9.97. The van der Waals surface area contributed by atoms with Gasteiger partial charge in [-0.1, -0.05) is 26.8 Å². The van der Waals surface area contributed by atoms with Crippen LogP contribution in [-0.2, 0) is 0 Å². The highest BCUT2D eigenvalue weighted by molar-refractivity contribution is 5.89. The Morgan fingerprint density at radius 3 is 2.35 bits per heavy atom. The highest BCUT2D eigenvalue weighted by Gasteiger charge is 2.04. The molecule has 0 saturated carbocycles. The van der Waals surface area contributed by atoms with Crippen molar-refractivity contribution in [3.8, 4) is 5.75 Å². The van der Waals surface area contributed by atoms with Crippen molar-refractivity contribution in [2.24, 2.45) is 5.41 Å². The number of phenolic OH excluding ortho intramolecular Hbond substituents is 1. The van der Waals surface area contributed by atoms with E-state index in [0.29, 0.717) is 5.69 Å². The third-order valence-electron chi connectivity index (χ3n) is 1.92. The molecule has 0 aliphatic heterocycles. The molecule has 0 atom stereocenters. The maximum Gasteiger partial charge on any atom is 0.323 e. The average molecular weight is 234 g/mol. The van der Waals surface area contributed by atoms with Crippen LogP contribution in [-0.4, -0.2) is 11.1 Å². The molecular weight excluding hydrogens is 216 g/mol. The molecule has 1 aromatic rings. The fraction of sp³-hybridized carbons (Fsp3) is 0.308. The smallest absolute Gasteiger partial charge is 0.323 e. The molecule has 0 unspecified atom stereocenters. The largest absolute Gasteiger partial charge is 0.508 e. The van der Waals surface area contributed by atoms with Gasteiger partial charge >= 0.3 is 6.03 Å². The third kappa shape index (κ3) is 5.61. The van der Waals surface area contributed by atoms with E-state index in [4.69, 9.17) is 5.11 Å². The van der Waals surface area contributed by atoms with Crippen molar-refractivity contribution in [1.82, 2.24) is 5.32 Å². The standard InChI is InChI=1S/C13H18N2O2/c1-13(2,3)8-9-14-12(17)15-10-4-6-11(16)7-5-10/h4-9,16H,1-3H3,(H2,14,15,17)/b9-8+. The molecule has 92 valence electrons. The minimum atomic E-state index is -0.309. The van der Waals surface area contributed by atoms with Crippen LogP contribution in [0.2, 0.25) is 0 Å². The van der Waals surface area contributed by atoms with Crippen molar-refractivity contribution in [3.63, 3.8) is 0 Å². The van der Waals surface area contributed by atoms with E-state index >= 15 is 0 Å². The number of benzene rings is 1. The summed E-state index contributed by atoms with van der Waals surface area (Å²) in [6.45, 7) is 6.13. The summed E-state index contributed by atoms with van der Waals surface area (Å²) in [6.07, 6.45) is 3.53. The second-order valence-corrected chi connectivity index (χ2v) is 4.84. The van der Waals surface area contributed by atoms with Crippen molar-refractivity contribution < 1.29 is 9.90 Å². The minimum Gasteiger partial charge on any atom is -0.508 e. The molecule has 0 saturated heterocycles. The lowest BCUT2D eigenvalue weighted by Crippen LogP contribution is -2.24. The summed E-state index contributed by atoms with van der Waals surface area (Å²) in [7, 11) is 0. The quantitative estimate of drug-likeness (QED) is 0.689. The molecule has 0 fully saturated rings. The summed E-state index contributed by atoms with van der Waals surface area (Å²) in [5.74, 6) is 0.170. The van der Waals surface area contributed by atoms with Gasteiger partial charge in [-0.2, -0.15) is 0 Å². The zero-order valence-corrected chi connectivity index (χ0v) is 10.3. The van der Waals surface area contributed by atoms with Crippen molar-refractivity contribution >= 4 is 11.7 Å². The average Bonchev–Trinajstić information content (AvgIpc) is 2.19. The summed E-state index contributed by atoms with van der Waals surface area (Å²) < 4.78 is 0. The van der Waals surface area contributed by atoms with Crippen LogP contribution < -0.4 is 10.6 Å². The van der Waals surface area contributed by atoms with Gasteiger partial charge in [-0.25, -0.2) is 4.79 Å². The Balaban J connectivity index is 2.45. The van der Waals surface area contributed by atoms with Crippen molar-refractivity contribution in [1.29, 1.82) is 0 Å². The zero-order chi connectivity index (χ0) is 12.9. The van der Waals surface area contributed by atoms with Crippen molar-refractivity contribution in [3.05, 3.63) is 36.5 Å². The summed E-state index contributed by atoms with van der Waals surface area (Å²) in [6, 6.07) is 5.97. The number of phenols is 1. The Morgan fingerprint density at radius 1 is 1.24 bits per heavy atom. The molecule has 0 aliphatic carbocycles. The SMILES string of the molecule is CC(C)(C)/C=C/NC(=O)Nc1ccc(O)cc1. The first-order chi connectivity index (χ1) is 7.87. The topological polar surface area (TPSA) is 61.4 Å². The molecular formula is C13H18N2O2. The van der Waals surface area contributed by atoms with Gasteiger partial charge in [-0.3, -0.25) is 0 Å². The first-order valence-corrected chi connectivity index (χ1v) is 5.41. The van der Waals surface area contributed by atoms with E-state index in [1.807, 2.05) is 26.8 Å². The Bertz CT molecular complexity index is 402. The van der Waals surface area contributed by atoms with E-state index in [1.165, 1.54) is 12.1 Å². The number of amides is 2. The lowest BCUT2D eigenvalue weighted by Gasteiger charge is -2.11. The third-order valence-corrected chi connectivity index (χ3v) is 1.92. The van der Waals surface area contributed by atoms with Crippen LogP contribution >= 0.6 is 0 Å². The zero-order valence-electron chi connectivity index (χ0n) is 10.3. The highest BCUT2D eigenvalue weighted by Crippen LogP contribution is 2.14. The van der Waals surface area contributed by atoms with E-state index in [9.17, 15) is 4.79 Å². The van der Waals surface area contributed by atoms with E-state index < -0.39 is 0 Å². The molecule has 0 aromatic heterocycles. The van der Waals surface area contributed by atoms with E-state index in [1.54, 1.807) is 18.3 Å². The number of nitrogens with one attached hydrogen (secondary N) is 2. The van der Waals surface area contributed by atoms with Crippen LogP contribution in [0.1, 0.15) is 20.8 Å². The maximum absolute atomic E-state index is 11.4. The van der Waals surface area contributed by atoms with Crippen LogP contribution in [0.4, 0.5) is 10.5 Å². The summed E-state index contributed by atoms with van der Waals surface area (Å²) in [4.78, 5) is 11.4. The van der Waals surface area contributed by atoms with Crippen molar-refractivity contribution in [2.75, 3.05) is 5.32 Å². The van der Waals surface area contributed by atoms with Gasteiger partial charge in [0.1, 0.15) is 5.75 Å². The second kappa shape index (κ2) is 5.39. The molecule has 2 amide bonds. The van der Waals surface area contributed by atoms with Gasteiger partial charge in [0.2, 0.25) is 0 Å². The number of carbonyl (C=O) groups is 1. The van der Waals surface area contributed by atoms with Gasteiger partial charge in [-0.15, -0.1) is 0 Å². The molecule has 0 spiro atoms. The van der Waals surface area contributed by atoms with Gasteiger partial charge < -0.3 is 15.7 Å². The van der Waals surface area contributed by atoms with E-state index in [2.05, 4.69) is 10.6 Å². The predicted molar refractivity (Wildman–Crippen MR) is 68.9 cm³/mol. The Morgan fingerprint density at radius 2 is 1.82 bits per heavy atom. The van der Waals surface area contributed by atoms with Crippen LogP contribution in [0.3, 0.4) is 0 Å². The molecule has 0 bridgehead atoms. The normalized spacial score (nSPS) is 11.5. The predicted octanol–water partition coefficient (Wildman–Crippen LogP) is 3.07. The Hall–Kier alpha value is -1.97. The number of allylic oxidation sites excluding steroid dienone is 1. The second-order valence-electron chi connectivity index (χ2n) is 4.84. The number of hydrogen-bond acceptors (Lipinski definition) is 2. The highest BCUT2D eigenvalue weighted by atomic mass is 16.3. The molecule has 3 N–H and O–H groups in total. The van der Waals surface area contributed by atoms with Crippen molar-refractivity contribution in [2.45, 2.75) is 20.8 Å². The van der Waals surface area contributed by atoms with Crippen LogP contribution in [0.5, 0.6) is 5.75 Å². The molecule has 4 nitrogen and oxygen atoms in total.